The van der Waals surface area contributed by atoms with E-state index in [0.29, 0.717) is 0 Å². The fraction of sp³-hybridized carbons (Fsp3) is 1.00. The Bertz CT molecular complexity index is 737. The molecule has 0 saturated carbocycles. The average Bonchev–Trinajstić information content (AvgIpc) is 3.06. The maximum absolute atomic E-state index is 10.2. The van der Waals surface area contributed by atoms with Gasteiger partial charge in [-0.3, -0.25) is 0 Å². The van der Waals surface area contributed by atoms with E-state index in [4.69, 9.17) is 38.3 Å². The maximum atomic E-state index is 10.2. The summed E-state index contributed by atoms with van der Waals surface area (Å²) in [5, 5.41) is 136. The van der Waals surface area contributed by atoms with Gasteiger partial charge in [0.1, 0.15) is 61.0 Å². The molecule has 0 aromatic rings. The molecule has 1 saturated heterocycles. The molecule has 1 heterocycles. The Kier molecular flexibility index (Phi) is 21.3. The van der Waals surface area contributed by atoms with Gasteiger partial charge in [0, 0.05) is 0 Å². The maximum Gasteiger partial charge on any atom is 0.187 e. The third kappa shape index (κ3) is 12.9. The Morgan fingerprint density at radius 1 is 0.444 bits per heavy atom. The van der Waals surface area contributed by atoms with E-state index in [-0.39, 0.29) is 0 Å². The molecular weight excluding hydrogens is 624 g/mol. The predicted octanol–water partition coefficient (Wildman–Crippen LogP) is -9.00. The first kappa shape index (κ1) is 42.2. The van der Waals surface area contributed by atoms with E-state index in [1.165, 1.54) is 0 Å². The van der Waals surface area contributed by atoms with Crippen molar-refractivity contribution < 1.29 is 105 Å². The Hall–Kier alpha value is -0.840. The fourth-order valence-electron chi connectivity index (χ4n) is 4.10. The van der Waals surface area contributed by atoms with Gasteiger partial charge in [-0.05, 0) is 0 Å². The zero-order valence-corrected chi connectivity index (χ0v) is 24.3. The summed E-state index contributed by atoms with van der Waals surface area (Å²) in [6.07, 6.45) is -22.5. The summed E-state index contributed by atoms with van der Waals surface area (Å²) >= 11 is 0. The predicted molar refractivity (Wildman–Crippen MR) is 140 cm³/mol. The second-order valence-electron chi connectivity index (χ2n) is 9.70. The first-order valence-corrected chi connectivity index (χ1v) is 13.9. The lowest BCUT2D eigenvalue weighted by molar-refractivity contribution is -0.330. The third-order valence-corrected chi connectivity index (χ3v) is 6.57. The number of rotatable bonds is 25. The Morgan fingerprint density at radius 2 is 0.822 bits per heavy atom. The van der Waals surface area contributed by atoms with Crippen LogP contribution in [0.15, 0.2) is 0 Å². The highest BCUT2D eigenvalue weighted by Gasteiger charge is 2.45. The molecule has 14 N–H and O–H groups in total. The molecule has 0 amide bonds. The summed E-state index contributed by atoms with van der Waals surface area (Å²) < 4.78 is 37.3. The lowest BCUT2D eigenvalue weighted by atomic mass is 9.99. The van der Waals surface area contributed by atoms with Gasteiger partial charge >= 0.3 is 0 Å². The van der Waals surface area contributed by atoms with Gasteiger partial charge in [0.25, 0.3) is 0 Å². The molecule has 0 aromatic heterocycles. The monoisotopic (exact) mass is 672 g/mol. The Labute approximate surface area is 257 Å². The number of aliphatic hydroxyl groups is 14. The molecule has 270 valence electrons. The first-order valence-electron chi connectivity index (χ1n) is 13.9. The van der Waals surface area contributed by atoms with Gasteiger partial charge in [0.05, 0.1) is 66.1 Å². The molecule has 0 radical (unpaired) electrons. The van der Waals surface area contributed by atoms with Crippen LogP contribution in [0.5, 0.6) is 0 Å². The van der Waals surface area contributed by atoms with Gasteiger partial charge in [0.15, 0.2) is 25.2 Å². The van der Waals surface area contributed by atoms with Crippen LogP contribution in [0.4, 0.5) is 0 Å². The second kappa shape index (κ2) is 22.7. The van der Waals surface area contributed by atoms with E-state index >= 15 is 0 Å². The van der Waals surface area contributed by atoms with E-state index in [9.17, 15) is 66.4 Å². The number of hydrogen-bond acceptors (Lipinski definition) is 21. The highest BCUT2D eigenvalue weighted by molar-refractivity contribution is 4.89. The van der Waals surface area contributed by atoms with Crippen molar-refractivity contribution in [3.05, 3.63) is 0 Å². The number of aliphatic hydroxyl groups excluding tert-OH is 14. The molecule has 21 nitrogen and oxygen atoms in total. The highest BCUT2D eigenvalue weighted by Crippen LogP contribution is 2.24. The van der Waals surface area contributed by atoms with Gasteiger partial charge in [-0.25, -0.2) is 0 Å². The van der Waals surface area contributed by atoms with E-state index in [0.717, 1.165) is 0 Å². The molecule has 1 aliphatic rings. The molecule has 21 heteroatoms. The molecule has 1 rings (SSSR count). The van der Waals surface area contributed by atoms with Crippen molar-refractivity contribution in [2.45, 2.75) is 86.2 Å². The summed E-state index contributed by atoms with van der Waals surface area (Å²) in [5.74, 6) is 0. The van der Waals surface area contributed by atoms with Crippen LogP contribution in [-0.4, -0.2) is 224 Å². The summed E-state index contributed by atoms with van der Waals surface area (Å²) in [6, 6.07) is 0. The Morgan fingerprint density at radius 3 is 1.16 bits per heavy atom. The zero-order valence-electron chi connectivity index (χ0n) is 24.3. The number of ether oxygens (including phenoxy) is 7. The van der Waals surface area contributed by atoms with Crippen LogP contribution in [0.3, 0.4) is 0 Å². The molecular formula is C24H48O21. The van der Waals surface area contributed by atoms with Crippen LogP contribution in [-0.2, 0) is 33.2 Å². The van der Waals surface area contributed by atoms with Gasteiger partial charge in [-0.1, -0.05) is 0 Å². The van der Waals surface area contributed by atoms with Crippen molar-refractivity contribution in [1.82, 2.24) is 0 Å². The summed E-state index contributed by atoms with van der Waals surface area (Å²) in [5.41, 5.74) is 0. The van der Waals surface area contributed by atoms with E-state index in [1.54, 1.807) is 0 Å². The van der Waals surface area contributed by atoms with Crippen LogP contribution >= 0.6 is 0 Å². The van der Waals surface area contributed by atoms with Gasteiger partial charge in [0.2, 0.25) is 0 Å². The summed E-state index contributed by atoms with van der Waals surface area (Å²) in [7, 11) is 0. The lowest BCUT2D eigenvalue weighted by Crippen LogP contribution is -2.60. The van der Waals surface area contributed by atoms with Crippen LogP contribution in [0.1, 0.15) is 0 Å². The topological polar surface area (TPSA) is 348 Å². The normalized spacial score (nSPS) is 28.5. The van der Waals surface area contributed by atoms with Gasteiger partial charge in [-0.2, -0.15) is 0 Å². The molecule has 0 spiro atoms. The minimum absolute atomic E-state index is 0.767. The summed E-state index contributed by atoms with van der Waals surface area (Å²) in [4.78, 5) is 0. The van der Waals surface area contributed by atoms with E-state index in [1.807, 2.05) is 0 Å². The van der Waals surface area contributed by atoms with Crippen LogP contribution < -0.4 is 0 Å². The van der Waals surface area contributed by atoms with Crippen LogP contribution in [0.2, 0.25) is 0 Å². The van der Waals surface area contributed by atoms with Crippen molar-refractivity contribution in [3.63, 3.8) is 0 Å². The first-order chi connectivity index (χ1) is 21.5. The SMILES string of the molecule is OCC1O[C@@H](O[C@@H](CO)C(CO)O[C@H](CO)O[C@@H](CO)C(CO)O[C@H](CO)O[C@@H](CO)C(CO)O[C@@H](O)CO)C(O)C(O)[C@@H]1O. The zero-order chi connectivity index (χ0) is 34.1. The molecule has 1 aliphatic heterocycles. The minimum Gasteiger partial charge on any atom is -0.394 e. The highest BCUT2D eigenvalue weighted by atomic mass is 16.8. The van der Waals surface area contributed by atoms with Gasteiger partial charge in [-0.15, -0.1) is 0 Å². The average molecular weight is 673 g/mol. The molecule has 14 atom stereocenters. The molecule has 0 aliphatic carbocycles. The second-order valence-corrected chi connectivity index (χ2v) is 9.70. The van der Waals surface area contributed by atoms with Crippen molar-refractivity contribution in [2.75, 3.05) is 66.1 Å². The van der Waals surface area contributed by atoms with Crippen molar-refractivity contribution in [2.24, 2.45) is 0 Å². The van der Waals surface area contributed by atoms with E-state index < -0.39 is 152 Å². The molecule has 1 fully saturated rings. The smallest absolute Gasteiger partial charge is 0.187 e. The van der Waals surface area contributed by atoms with E-state index in [2.05, 4.69) is 0 Å². The quantitative estimate of drug-likeness (QED) is 0.0400. The van der Waals surface area contributed by atoms with Crippen LogP contribution in [0, 0.1) is 0 Å². The molecule has 45 heavy (non-hydrogen) atoms. The van der Waals surface area contributed by atoms with Crippen molar-refractivity contribution in [3.8, 4) is 0 Å². The standard InChI is InChI=1S/C24H48O21/c25-1-11(39-18(35)8-32)12(2-26)40-19(9-33)41-13(3-27)14(4-28)42-20(10-34)43-15(5-29)16(6-30)44-24-23(38)22(37)21(36)17(7-31)45-24/h11-38H,1-10H2/t11?,12-,13?,14-,15?,16-,17?,18+,19+,20+,21+,22?,23?,24+/m0/s1. The number of hydrogen-bond donors (Lipinski definition) is 14. The fourth-order valence-corrected chi connectivity index (χ4v) is 4.10. The minimum atomic E-state index is -1.85. The van der Waals surface area contributed by atoms with Gasteiger partial charge < -0.3 is 105 Å². The molecule has 6 unspecified atom stereocenters. The molecule has 0 aromatic carbocycles. The van der Waals surface area contributed by atoms with Crippen molar-refractivity contribution >= 4 is 0 Å². The lowest BCUT2D eigenvalue weighted by Gasteiger charge is -2.41. The largest absolute Gasteiger partial charge is 0.394 e. The van der Waals surface area contributed by atoms with Crippen LogP contribution in [0.25, 0.3) is 0 Å². The summed E-state index contributed by atoms with van der Waals surface area (Å²) in [6.45, 7) is -8.67. The Balaban J connectivity index is 2.95. The third-order valence-electron chi connectivity index (χ3n) is 6.57. The van der Waals surface area contributed by atoms with Crippen molar-refractivity contribution in [1.29, 1.82) is 0 Å². The molecule has 0 bridgehead atoms.